The largest absolute Gasteiger partial charge is 0.490 e. The van der Waals surface area contributed by atoms with Gasteiger partial charge in [0.15, 0.2) is 23.2 Å². The lowest BCUT2D eigenvalue weighted by Crippen LogP contribution is -2.54. The Labute approximate surface area is 203 Å². The number of carbonyl (C=O) groups is 3. The van der Waals surface area contributed by atoms with Gasteiger partial charge in [-0.15, -0.1) is 0 Å². The number of esters is 1. The van der Waals surface area contributed by atoms with Gasteiger partial charge < -0.3 is 14.2 Å². The van der Waals surface area contributed by atoms with Gasteiger partial charge in [0.2, 0.25) is 0 Å². The van der Waals surface area contributed by atoms with Crippen molar-refractivity contribution in [3.63, 3.8) is 0 Å². The van der Waals surface area contributed by atoms with Crippen molar-refractivity contribution in [1.29, 1.82) is 0 Å². The van der Waals surface area contributed by atoms with Crippen LogP contribution < -0.4 is 19.7 Å². The van der Waals surface area contributed by atoms with Crippen molar-refractivity contribution in [3.05, 3.63) is 59.2 Å². The number of ether oxygens (including phenoxy) is 3. The highest BCUT2D eigenvalue weighted by Crippen LogP contribution is 2.30. The predicted octanol–water partition coefficient (Wildman–Crippen LogP) is 3.42. The van der Waals surface area contributed by atoms with E-state index in [2.05, 4.69) is 5.32 Å². The van der Waals surface area contributed by atoms with Crippen molar-refractivity contribution in [3.8, 4) is 11.5 Å². The first-order valence-corrected chi connectivity index (χ1v) is 11.3. The smallest absolute Gasteiger partial charge is 0.344 e. The Bertz CT molecular complexity index is 1130. The molecule has 1 saturated heterocycles. The lowest BCUT2D eigenvalue weighted by atomic mass is 10.1. The molecular formula is C25H26N2O6S. The zero-order valence-corrected chi connectivity index (χ0v) is 20.1. The number of carbonyl (C=O) groups excluding carboxylic acids is 3. The standard InChI is InChI=1S/C25H26N2O6S/c1-4-16-7-10-18(11-8-16)27-24(30)19(23(29)26-25(27)34)13-17-9-12-20(21(14-17)31-5-2)33-15-22(28)32-6-3/h7-14H,4-6,15H2,1-3H3,(H,26,29,34)/b19-13+. The number of benzene rings is 2. The normalized spacial score (nSPS) is 14.7. The molecule has 1 heterocycles. The molecule has 1 fully saturated rings. The number of nitrogens with one attached hydrogen (secondary N) is 1. The third-order valence-corrected chi connectivity index (χ3v) is 5.22. The van der Waals surface area contributed by atoms with Crippen LogP contribution in [0.4, 0.5) is 5.69 Å². The quantitative estimate of drug-likeness (QED) is 0.253. The van der Waals surface area contributed by atoms with Gasteiger partial charge in [0.25, 0.3) is 11.8 Å². The number of aryl methyl sites for hydroxylation is 1. The molecule has 178 valence electrons. The third kappa shape index (κ3) is 5.79. The summed E-state index contributed by atoms with van der Waals surface area (Å²) in [6.07, 6.45) is 2.33. The summed E-state index contributed by atoms with van der Waals surface area (Å²) in [7, 11) is 0. The van der Waals surface area contributed by atoms with Crippen LogP contribution in [0.2, 0.25) is 0 Å². The second-order valence-corrected chi connectivity index (χ2v) is 7.60. The first kappa shape index (κ1) is 24.9. The molecule has 3 rings (SSSR count). The molecule has 1 N–H and O–H groups in total. The molecular weight excluding hydrogens is 456 g/mol. The summed E-state index contributed by atoms with van der Waals surface area (Å²) in [4.78, 5) is 38.7. The summed E-state index contributed by atoms with van der Waals surface area (Å²) >= 11 is 5.25. The van der Waals surface area contributed by atoms with Crippen molar-refractivity contribution in [1.82, 2.24) is 5.32 Å². The minimum atomic E-state index is -0.586. The molecule has 2 amide bonds. The number of hydrogen-bond donors (Lipinski definition) is 1. The van der Waals surface area contributed by atoms with E-state index in [0.717, 1.165) is 12.0 Å². The van der Waals surface area contributed by atoms with Crippen LogP contribution in [0.5, 0.6) is 11.5 Å². The zero-order chi connectivity index (χ0) is 24.7. The molecule has 0 bridgehead atoms. The molecule has 2 aromatic carbocycles. The zero-order valence-electron chi connectivity index (χ0n) is 19.3. The minimum Gasteiger partial charge on any atom is -0.490 e. The second kappa shape index (κ2) is 11.4. The molecule has 0 atom stereocenters. The number of nitrogens with zero attached hydrogens (tertiary/aromatic N) is 1. The summed E-state index contributed by atoms with van der Waals surface area (Å²) in [5, 5.41) is 2.60. The van der Waals surface area contributed by atoms with Gasteiger partial charge in [0.1, 0.15) is 5.57 Å². The van der Waals surface area contributed by atoms with Gasteiger partial charge in [0, 0.05) is 0 Å². The molecule has 0 aromatic heterocycles. The van der Waals surface area contributed by atoms with Gasteiger partial charge in [-0.05, 0) is 74.0 Å². The Morgan fingerprint density at radius 3 is 2.38 bits per heavy atom. The van der Waals surface area contributed by atoms with Crippen molar-refractivity contribution in [2.75, 3.05) is 24.7 Å². The van der Waals surface area contributed by atoms with Gasteiger partial charge in [-0.2, -0.15) is 0 Å². The van der Waals surface area contributed by atoms with Crippen LogP contribution in [-0.2, 0) is 25.5 Å². The van der Waals surface area contributed by atoms with Gasteiger partial charge in [-0.1, -0.05) is 25.1 Å². The maximum absolute atomic E-state index is 13.2. The molecule has 34 heavy (non-hydrogen) atoms. The highest BCUT2D eigenvalue weighted by atomic mass is 32.1. The lowest BCUT2D eigenvalue weighted by Gasteiger charge is -2.29. The molecule has 2 aromatic rings. The van der Waals surface area contributed by atoms with Crippen molar-refractivity contribution in [2.45, 2.75) is 27.2 Å². The van der Waals surface area contributed by atoms with E-state index in [1.54, 1.807) is 44.2 Å². The number of hydrogen-bond acceptors (Lipinski definition) is 7. The Hall–Kier alpha value is -3.72. The van der Waals surface area contributed by atoms with E-state index >= 15 is 0 Å². The van der Waals surface area contributed by atoms with Crippen LogP contribution in [-0.4, -0.2) is 42.7 Å². The second-order valence-electron chi connectivity index (χ2n) is 7.21. The van der Waals surface area contributed by atoms with Crippen LogP contribution in [0.15, 0.2) is 48.0 Å². The van der Waals surface area contributed by atoms with Crippen molar-refractivity contribution >= 4 is 46.9 Å². The van der Waals surface area contributed by atoms with E-state index in [1.165, 1.54) is 11.0 Å². The molecule has 0 unspecified atom stereocenters. The van der Waals surface area contributed by atoms with Crippen molar-refractivity contribution in [2.24, 2.45) is 0 Å². The van der Waals surface area contributed by atoms with Crippen LogP contribution in [0, 0.1) is 0 Å². The van der Waals surface area contributed by atoms with Crippen molar-refractivity contribution < 1.29 is 28.6 Å². The Morgan fingerprint density at radius 2 is 1.74 bits per heavy atom. The van der Waals surface area contributed by atoms with Gasteiger partial charge >= 0.3 is 5.97 Å². The average molecular weight is 483 g/mol. The van der Waals surface area contributed by atoms with Gasteiger partial charge in [-0.3, -0.25) is 19.8 Å². The van der Waals surface area contributed by atoms with Crippen LogP contribution in [0.3, 0.4) is 0 Å². The van der Waals surface area contributed by atoms with E-state index in [-0.39, 0.29) is 23.9 Å². The molecule has 8 nitrogen and oxygen atoms in total. The Morgan fingerprint density at radius 1 is 1.00 bits per heavy atom. The summed E-state index contributed by atoms with van der Waals surface area (Å²) < 4.78 is 16.0. The topological polar surface area (TPSA) is 94.2 Å². The first-order chi connectivity index (χ1) is 16.4. The summed E-state index contributed by atoms with van der Waals surface area (Å²) in [5.41, 5.74) is 2.15. The van der Waals surface area contributed by atoms with E-state index in [9.17, 15) is 14.4 Å². The van der Waals surface area contributed by atoms with Gasteiger partial charge in [0.05, 0.1) is 18.9 Å². The number of rotatable bonds is 9. The fraction of sp³-hybridized carbons (Fsp3) is 0.280. The minimum absolute atomic E-state index is 0.0223. The fourth-order valence-corrected chi connectivity index (χ4v) is 3.56. The SMILES string of the molecule is CCOC(=O)COc1ccc(/C=C2\C(=O)NC(=S)N(c3ccc(CC)cc3)C2=O)cc1OCC. The lowest BCUT2D eigenvalue weighted by molar-refractivity contribution is -0.145. The molecule has 0 aliphatic carbocycles. The average Bonchev–Trinajstić information content (AvgIpc) is 2.82. The van der Waals surface area contributed by atoms with Crippen LogP contribution >= 0.6 is 12.2 Å². The highest BCUT2D eigenvalue weighted by Gasteiger charge is 2.34. The molecule has 0 radical (unpaired) electrons. The monoisotopic (exact) mass is 482 g/mol. The number of anilines is 1. The number of amides is 2. The van der Waals surface area contributed by atoms with E-state index < -0.39 is 17.8 Å². The number of thiocarbonyl (C=S) groups is 1. The summed E-state index contributed by atoms with van der Waals surface area (Å²) in [6.45, 7) is 5.90. The van der Waals surface area contributed by atoms with Gasteiger partial charge in [-0.25, -0.2) is 4.79 Å². The molecule has 9 heteroatoms. The predicted molar refractivity (Wildman–Crippen MR) is 132 cm³/mol. The molecule has 1 aliphatic rings. The summed E-state index contributed by atoms with van der Waals surface area (Å²) in [6, 6.07) is 12.3. The molecule has 0 saturated carbocycles. The van der Waals surface area contributed by atoms with E-state index in [1.807, 2.05) is 19.1 Å². The van der Waals surface area contributed by atoms with E-state index in [0.29, 0.717) is 29.4 Å². The molecule has 0 spiro atoms. The summed E-state index contributed by atoms with van der Waals surface area (Å²) in [5.74, 6) is -0.901. The Balaban J connectivity index is 1.89. The van der Waals surface area contributed by atoms with Crippen LogP contribution in [0.25, 0.3) is 6.08 Å². The van der Waals surface area contributed by atoms with Crippen LogP contribution in [0.1, 0.15) is 31.9 Å². The Kier molecular flexibility index (Phi) is 8.37. The fourth-order valence-electron chi connectivity index (χ4n) is 3.28. The maximum atomic E-state index is 13.2. The maximum Gasteiger partial charge on any atom is 0.344 e. The third-order valence-electron chi connectivity index (χ3n) is 4.93. The highest BCUT2D eigenvalue weighted by molar-refractivity contribution is 7.80. The first-order valence-electron chi connectivity index (χ1n) is 10.9. The van der Waals surface area contributed by atoms with E-state index in [4.69, 9.17) is 26.4 Å². The molecule has 1 aliphatic heterocycles.